The van der Waals surface area contributed by atoms with Crippen LogP contribution in [0.15, 0.2) is 42.5 Å². The minimum Gasteiger partial charge on any atom is -0.294 e. The summed E-state index contributed by atoms with van der Waals surface area (Å²) in [5.74, 6) is 0.142. The summed E-state index contributed by atoms with van der Waals surface area (Å²) in [6.07, 6.45) is 0.448. The molecule has 1 nitrogen and oxygen atoms in total. The number of rotatable bonds is 3. The zero-order chi connectivity index (χ0) is 8.97. The van der Waals surface area contributed by atoms with Gasteiger partial charge in [0, 0.05) is 12.0 Å². The Bertz CT molecular complexity index is 285. The fourth-order valence-electron chi connectivity index (χ4n) is 1.00. The highest BCUT2D eigenvalue weighted by molar-refractivity contribution is 5.97. The first-order valence-corrected chi connectivity index (χ1v) is 3.93. The molecule has 62 valence electrons. The molecule has 0 unspecified atom stereocenters. The Morgan fingerprint density at radius 3 is 2.42 bits per heavy atom. The van der Waals surface area contributed by atoms with Gasteiger partial charge in [-0.3, -0.25) is 4.79 Å². The molecule has 0 aliphatic rings. The quantitative estimate of drug-likeness (QED) is 0.491. The van der Waals surface area contributed by atoms with Gasteiger partial charge in [0.1, 0.15) is 0 Å². The van der Waals surface area contributed by atoms with Crippen molar-refractivity contribution in [1.29, 1.82) is 0 Å². The van der Waals surface area contributed by atoms with Crippen LogP contribution in [0.3, 0.4) is 0 Å². The topological polar surface area (TPSA) is 17.1 Å². The van der Waals surface area contributed by atoms with Crippen LogP contribution in [0, 0.1) is 0 Å². The first kappa shape index (κ1) is 8.72. The van der Waals surface area contributed by atoms with Crippen LogP contribution in [0.2, 0.25) is 0 Å². The Morgan fingerprint density at radius 2 is 1.92 bits per heavy atom. The highest BCUT2D eigenvalue weighted by Gasteiger charge is 2.03. The molecule has 0 fully saturated rings. The third-order valence-electron chi connectivity index (χ3n) is 1.56. The van der Waals surface area contributed by atoms with Gasteiger partial charge in [-0.2, -0.15) is 0 Å². The maximum atomic E-state index is 11.4. The highest BCUT2D eigenvalue weighted by atomic mass is 16.1. The second-order valence-corrected chi connectivity index (χ2v) is 2.92. The Morgan fingerprint density at radius 1 is 1.33 bits per heavy atom. The number of allylic oxidation sites excluding steroid dienone is 1. The molecular weight excluding hydrogens is 148 g/mol. The summed E-state index contributed by atoms with van der Waals surface area (Å²) in [5.41, 5.74) is 1.67. The summed E-state index contributed by atoms with van der Waals surface area (Å²) < 4.78 is 0. The zero-order valence-corrected chi connectivity index (χ0v) is 7.21. The minimum absolute atomic E-state index is 0.142. The van der Waals surface area contributed by atoms with E-state index in [2.05, 4.69) is 6.58 Å². The molecule has 0 spiro atoms. The molecule has 0 aliphatic carbocycles. The molecule has 1 heteroatoms. The van der Waals surface area contributed by atoms with Crippen LogP contribution in [0.5, 0.6) is 0 Å². The number of hydrogen-bond donors (Lipinski definition) is 0. The number of Topliss-reactive ketones (excluding diaryl/α,β-unsaturated/α-hetero) is 1. The van der Waals surface area contributed by atoms with E-state index in [9.17, 15) is 4.79 Å². The lowest BCUT2D eigenvalue weighted by Crippen LogP contribution is -1.98. The Kier molecular flexibility index (Phi) is 2.81. The standard InChI is InChI=1S/C11H12O/c1-9(2)8-11(12)10-6-4-3-5-7-10/h3-7H,1,8H2,2H3. The van der Waals surface area contributed by atoms with E-state index in [1.165, 1.54) is 0 Å². The molecule has 0 bridgehead atoms. The van der Waals surface area contributed by atoms with Crippen molar-refractivity contribution in [1.82, 2.24) is 0 Å². The summed E-state index contributed by atoms with van der Waals surface area (Å²) in [6, 6.07) is 9.28. The van der Waals surface area contributed by atoms with E-state index in [4.69, 9.17) is 0 Å². The van der Waals surface area contributed by atoms with Gasteiger partial charge in [-0.25, -0.2) is 0 Å². The Balaban J connectivity index is 2.73. The van der Waals surface area contributed by atoms with Gasteiger partial charge in [0.25, 0.3) is 0 Å². The maximum absolute atomic E-state index is 11.4. The minimum atomic E-state index is 0.142. The molecule has 0 aliphatic heterocycles. The fourth-order valence-corrected chi connectivity index (χ4v) is 1.00. The predicted molar refractivity (Wildman–Crippen MR) is 50.2 cm³/mol. The van der Waals surface area contributed by atoms with Crippen molar-refractivity contribution in [3.63, 3.8) is 0 Å². The van der Waals surface area contributed by atoms with E-state index in [0.29, 0.717) is 6.42 Å². The van der Waals surface area contributed by atoms with Crippen molar-refractivity contribution < 1.29 is 4.79 Å². The summed E-state index contributed by atoms with van der Waals surface area (Å²) >= 11 is 0. The van der Waals surface area contributed by atoms with Gasteiger partial charge in [0.05, 0.1) is 0 Å². The lowest BCUT2D eigenvalue weighted by Gasteiger charge is -1.98. The number of carbonyl (C=O) groups is 1. The van der Waals surface area contributed by atoms with Gasteiger partial charge in [-0.1, -0.05) is 42.5 Å². The number of ketones is 1. The molecule has 0 N–H and O–H groups in total. The normalized spacial score (nSPS) is 9.42. The van der Waals surface area contributed by atoms with Crippen LogP contribution < -0.4 is 0 Å². The molecule has 0 atom stereocenters. The predicted octanol–water partition coefficient (Wildman–Crippen LogP) is 2.84. The molecule has 12 heavy (non-hydrogen) atoms. The van der Waals surface area contributed by atoms with Gasteiger partial charge in [-0.05, 0) is 6.92 Å². The molecule has 1 aromatic carbocycles. The molecule has 0 radical (unpaired) electrons. The summed E-state index contributed by atoms with van der Waals surface area (Å²) in [6.45, 7) is 5.56. The number of hydrogen-bond acceptors (Lipinski definition) is 1. The molecule has 0 aromatic heterocycles. The first-order chi connectivity index (χ1) is 5.70. The van der Waals surface area contributed by atoms with Gasteiger partial charge >= 0.3 is 0 Å². The number of benzene rings is 1. The van der Waals surface area contributed by atoms with Crippen LogP contribution in [0.4, 0.5) is 0 Å². The molecule has 0 heterocycles. The van der Waals surface area contributed by atoms with Crippen molar-refractivity contribution in [2.75, 3.05) is 0 Å². The fraction of sp³-hybridized carbons (Fsp3) is 0.182. The summed E-state index contributed by atoms with van der Waals surface area (Å²) in [4.78, 5) is 11.4. The van der Waals surface area contributed by atoms with Crippen molar-refractivity contribution in [2.24, 2.45) is 0 Å². The summed E-state index contributed by atoms with van der Waals surface area (Å²) in [5, 5.41) is 0. The zero-order valence-electron chi connectivity index (χ0n) is 7.21. The smallest absolute Gasteiger partial charge is 0.166 e. The number of carbonyl (C=O) groups excluding carboxylic acids is 1. The third kappa shape index (κ3) is 2.35. The van der Waals surface area contributed by atoms with Gasteiger partial charge < -0.3 is 0 Å². The monoisotopic (exact) mass is 160 g/mol. The SMILES string of the molecule is C=C(C)CC(=O)c1ccccc1. The van der Waals surface area contributed by atoms with E-state index >= 15 is 0 Å². The Hall–Kier alpha value is -1.37. The van der Waals surface area contributed by atoms with Crippen LogP contribution >= 0.6 is 0 Å². The van der Waals surface area contributed by atoms with E-state index in [1.807, 2.05) is 37.3 Å². The van der Waals surface area contributed by atoms with Crippen LogP contribution in [-0.4, -0.2) is 5.78 Å². The van der Waals surface area contributed by atoms with Crippen LogP contribution in [0.25, 0.3) is 0 Å². The van der Waals surface area contributed by atoms with Crippen molar-refractivity contribution in [2.45, 2.75) is 13.3 Å². The van der Waals surface area contributed by atoms with Crippen molar-refractivity contribution >= 4 is 5.78 Å². The van der Waals surface area contributed by atoms with E-state index in [1.54, 1.807) is 0 Å². The van der Waals surface area contributed by atoms with E-state index < -0.39 is 0 Å². The third-order valence-corrected chi connectivity index (χ3v) is 1.56. The van der Waals surface area contributed by atoms with Crippen molar-refractivity contribution in [3.8, 4) is 0 Å². The van der Waals surface area contributed by atoms with Crippen LogP contribution in [0.1, 0.15) is 23.7 Å². The van der Waals surface area contributed by atoms with Gasteiger partial charge in [0.2, 0.25) is 0 Å². The lowest BCUT2D eigenvalue weighted by atomic mass is 10.1. The average Bonchev–Trinajstić information content (AvgIpc) is 2.05. The highest BCUT2D eigenvalue weighted by Crippen LogP contribution is 2.06. The molecule has 1 aromatic rings. The van der Waals surface area contributed by atoms with Gasteiger partial charge in [-0.15, -0.1) is 0 Å². The second-order valence-electron chi connectivity index (χ2n) is 2.92. The molecule has 0 saturated carbocycles. The molecule has 1 rings (SSSR count). The largest absolute Gasteiger partial charge is 0.294 e. The molecule has 0 saturated heterocycles. The Labute approximate surface area is 72.7 Å². The molecular formula is C11H12O. The first-order valence-electron chi connectivity index (χ1n) is 3.93. The van der Waals surface area contributed by atoms with E-state index in [-0.39, 0.29) is 5.78 Å². The van der Waals surface area contributed by atoms with Crippen molar-refractivity contribution in [3.05, 3.63) is 48.0 Å². The average molecular weight is 160 g/mol. The molecule has 0 amide bonds. The van der Waals surface area contributed by atoms with Crippen LogP contribution in [-0.2, 0) is 0 Å². The second kappa shape index (κ2) is 3.86. The lowest BCUT2D eigenvalue weighted by molar-refractivity contribution is 0.0993. The van der Waals surface area contributed by atoms with Gasteiger partial charge in [0.15, 0.2) is 5.78 Å². The van der Waals surface area contributed by atoms with E-state index in [0.717, 1.165) is 11.1 Å². The maximum Gasteiger partial charge on any atom is 0.166 e. The summed E-state index contributed by atoms with van der Waals surface area (Å²) in [7, 11) is 0.